The number of aromatic nitrogens is 2. The monoisotopic (exact) mass is 292 g/mol. The zero-order chi connectivity index (χ0) is 15.0. The van der Waals surface area contributed by atoms with Crippen LogP contribution in [-0.2, 0) is 19.2 Å². The Morgan fingerprint density at radius 1 is 1.38 bits per heavy atom. The molecule has 0 bridgehead atoms. The maximum absolute atomic E-state index is 11.2. The predicted molar refractivity (Wildman–Crippen MR) is 67.4 cm³/mol. The number of esters is 1. The summed E-state index contributed by atoms with van der Waals surface area (Å²) in [4.78, 5) is 33.2. The van der Waals surface area contributed by atoms with Crippen molar-refractivity contribution < 1.29 is 23.7 Å². The van der Waals surface area contributed by atoms with E-state index in [4.69, 9.17) is 14.1 Å². The maximum atomic E-state index is 11.2. The highest BCUT2D eigenvalue weighted by Gasteiger charge is 2.41. The fourth-order valence-electron chi connectivity index (χ4n) is 1.99. The third-order valence-electron chi connectivity index (χ3n) is 2.90. The second-order valence-corrected chi connectivity index (χ2v) is 4.50. The molecule has 2 aliphatic rings. The summed E-state index contributed by atoms with van der Waals surface area (Å²) in [5.41, 5.74) is 0.666. The summed E-state index contributed by atoms with van der Waals surface area (Å²) in [5, 5.41) is 5.00. The van der Waals surface area contributed by atoms with E-state index in [-0.39, 0.29) is 0 Å². The van der Waals surface area contributed by atoms with Gasteiger partial charge >= 0.3 is 11.9 Å². The Balaban J connectivity index is 1.88. The van der Waals surface area contributed by atoms with Crippen LogP contribution in [0.25, 0.3) is 11.6 Å². The number of carbonyl (C=O) groups is 2. The Bertz CT molecular complexity index is 650. The van der Waals surface area contributed by atoms with E-state index < -0.39 is 18.3 Å². The van der Waals surface area contributed by atoms with E-state index >= 15 is 0 Å². The smallest absolute Gasteiger partial charge is 0.416 e. The lowest BCUT2D eigenvalue weighted by molar-refractivity contribution is -0.277. The molecule has 3 rings (SSSR count). The van der Waals surface area contributed by atoms with Gasteiger partial charge in [-0.15, -0.1) is 0 Å². The van der Waals surface area contributed by atoms with E-state index in [0.717, 1.165) is 5.06 Å². The van der Waals surface area contributed by atoms with Gasteiger partial charge in [-0.2, -0.15) is 10.0 Å². The van der Waals surface area contributed by atoms with Gasteiger partial charge in [-0.05, 0) is 20.0 Å². The van der Waals surface area contributed by atoms with Gasteiger partial charge in [0.25, 0.3) is 12.2 Å². The Kier molecular flexibility index (Phi) is 3.18. The van der Waals surface area contributed by atoms with Crippen molar-refractivity contribution in [2.24, 2.45) is 0 Å². The first-order valence-corrected chi connectivity index (χ1v) is 6.17. The minimum Gasteiger partial charge on any atom is -0.416 e. The van der Waals surface area contributed by atoms with Crippen molar-refractivity contribution in [1.82, 2.24) is 20.1 Å². The molecule has 3 heterocycles. The molecule has 0 aromatic carbocycles. The molecule has 110 valence electrons. The zero-order valence-electron chi connectivity index (χ0n) is 11.3. The first-order valence-electron chi connectivity index (χ1n) is 6.17. The van der Waals surface area contributed by atoms with Crippen LogP contribution >= 0.6 is 0 Å². The molecule has 21 heavy (non-hydrogen) atoms. The standard InChI is InChI=1S/C12H12N4O5/c1-3-4-8-13-9(14-20-8)7-5-15(2)12-16(6-7)21-11(18)10(17)19-12/h3-4,6,12H,5H2,1-2H3/b4-3+. The number of nitrogens with zero attached hydrogens (tertiary/aromatic N) is 4. The molecule has 9 nitrogen and oxygen atoms in total. The third-order valence-corrected chi connectivity index (χ3v) is 2.90. The van der Waals surface area contributed by atoms with Crippen molar-refractivity contribution in [3.05, 3.63) is 24.0 Å². The summed E-state index contributed by atoms with van der Waals surface area (Å²) in [6, 6.07) is 0. The number of likely N-dealkylation sites (N-methyl/N-ethyl adjacent to an activating group) is 1. The van der Waals surface area contributed by atoms with Gasteiger partial charge in [0.05, 0.1) is 6.20 Å². The molecule has 1 aromatic heterocycles. The Hall–Kier alpha value is -2.68. The number of hydroxylamine groups is 2. The van der Waals surface area contributed by atoms with E-state index in [1.807, 2.05) is 6.92 Å². The number of fused-ring (bicyclic) bond motifs is 1. The molecular formula is C12H12N4O5. The summed E-state index contributed by atoms with van der Waals surface area (Å²) >= 11 is 0. The molecule has 0 amide bonds. The van der Waals surface area contributed by atoms with Crippen molar-refractivity contribution >= 4 is 23.6 Å². The largest absolute Gasteiger partial charge is 0.441 e. The van der Waals surface area contributed by atoms with Crippen LogP contribution in [-0.4, -0.2) is 52.0 Å². The van der Waals surface area contributed by atoms with Gasteiger partial charge in [0.1, 0.15) is 0 Å². The number of ether oxygens (including phenoxy) is 1. The fourth-order valence-corrected chi connectivity index (χ4v) is 1.99. The highest BCUT2D eigenvalue weighted by molar-refractivity contribution is 6.30. The van der Waals surface area contributed by atoms with Crippen LogP contribution in [0.15, 0.2) is 16.8 Å². The van der Waals surface area contributed by atoms with Crippen molar-refractivity contribution in [1.29, 1.82) is 0 Å². The third kappa shape index (κ3) is 2.38. The second kappa shape index (κ2) is 5.02. The number of allylic oxidation sites excluding steroid dienone is 1. The molecule has 1 unspecified atom stereocenters. The fraction of sp³-hybridized carbons (Fsp3) is 0.333. The summed E-state index contributed by atoms with van der Waals surface area (Å²) < 4.78 is 10.0. The molecule has 9 heteroatoms. The molecule has 0 spiro atoms. The van der Waals surface area contributed by atoms with Crippen LogP contribution in [0.4, 0.5) is 0 Å². The van der Waals surface area contributed by atoms with E-state index in [0.29, 0.717) is 23.8 Å². The topological polar surface area (TPSA) is 98.0 Å². The van der Waals surface area contributed by atoms with Gasteiger partial charge in [0, 0.05) is 12.1 Å². The predicted octanol–water partition coefficient (Wildman–Crippen LogP) is -0.0104. The maximum Gasteiger partial charge on any atom is 0.441 e. The van der Waals surface area contributed by atoms with Crippen LogP contribution in [0.3, 0.4) is 0 Å². The SMILES string of the molecule is C/C=C/c1nc(C2=CN3OC(=O)C(=O)OC3N(C)C2)no1. The van der Waals surface area contributed by atoms with E-state index in [1.54, 1.807) is 24.1 Å². The number of hydrogen-bond acceptors (Lipinski definition) is 9. The number of carbonyl (C=O) groups excluding carboxylic acids is 2. The lowest BCUT2D eigenvalue weighted by Gasteiger charge is -2.40. The van der Waals surface area contributed by atoms with Gasteiger partial charge in [-0.25, -0.2) is 14.5 Å². The molecule has 1 atom stereocenters. The lowest BCUT2D eigenvalue weighted by atomic mass is 10.2. The van der Waals surface area contributed by atoms with Crippen LogP contribution < -0.4 is 0 Å². The van der Waals surface area contributed by atoms with Crippen LogP contribution in [0.1, 0.15) is 18.6 Å². The summed E-state index contributed by atoms with van der Waals surface area (Å²) in [6.45, 7) is 2.24. The number of hydrogen-bond donors (Lipinski definition) is 0. The van der Waals surface area contributed by atoms with Gasteiger partial charge in [0.15, 0.2) is 0 Å². The molecule has 1 saturated heterocycles. The lowest BCUT2D eigenvalue weighted by Crippen LogP contribution is -2.56. The highest BCUT2D eigenvalue weighted by Crippen LogP contribution is 2.25. The Labute approximate surface area is 119 Å². The molecule has 0 N–H and O–H groups in total. The molecular weight excluding hydrogens is 280 g/mol. The van der Waals surface area contributed by atoms with Crippen LogP contribution in [0.5, 0.6) is 0 Å². The average Bonchev–Trinajstić information content (AvgIpc) is 2.90. The quantitative estimate of drug-likeness (QED) is 0.550. The van der Waals surface area contributed by atoms with Crippen LogP contribution in [0.2, 0.25) is 0 Å². The molecule has 0 radical (unpaired) electrons. The Morgan fingerprint density at radius 3 is 2.95 bits per heavy atom. The minimum absolute atomic E-state index is 0.375. The van der Waals surface area contributed by atoms with Gasteiger partial charge in [-0.3, -0.25) is 0 Å². The molecule has 0 saturated carbocycles. The van der Waals surface area contributed by atoms with E-state index in [2.05, 4.69) is 10.1 Å². The minimum atomic E-state index is -1.07. The average molecular weight is 292 g/mol. The van der Waals surface area contributed by atoms with Gasteiger partial charge in [-0.1, -0.05) is 11.2 Å². The van der Waals surface area contributed by atoms with E-state index in [9.17, 15) is 9.59 Å². The van der Waals surface area contributed by atoms with Crippen molar-refractivity contribution in [2.45, 2.75) is 13.3 Å². The highest BCUT2D eigenvalue weighted by atomic mass is 16.8. The van der Waals surface area contributed by atoms with Crippen LogP contribution in [0, 0.1) is 0 Å². The first-order chi connectivity index (χ1) is 10.1. The second-order valence-electron chi connectivity index (χ2n) is 4.50. The molecule has 0 aliphatic carbocycles. The zero-order valence-corrected chi connectivity index (χ0v) is 11.3. The summed E-state index contributed by atoms with van der Waals surface area (Å²) in [6.07, 6.45) is 4.18. The normalized spacial score (nSPS) is 22.9. The van der Waals surface area contributed by atoms with Gasteiger partial charge in [0.2, 0.25) is 5.82 Å². The Morgan fingerprint density at radius 2 is 2.19 bits per heavy atom. The van der Waals surface area contributed by atoms with Crippen molar-refractivity contribution in [3.63, 3.8) is 0 Å². The van der Waals surface area contributed by atoms with Crippen molar-refractivity contribution in [2.75, 3.05) is 13.6 Å². The summed E-state index contributed by atoms with van der Waals surface area (Å²) in [7, 11) is 1.71. The molecule has 1 fully saturated rings. The number of rotatable bonds is 2. The molecule has 2 aliphatic heterocycles. The van der Waals surface area contributed by atoms with Crippen molar-refractivity contribution in [3.8, 4) is 0 Å². The van der Waals surface area contributed by atoms with Gasteiger partial charge < -0.3 is 14.1 Å². The molecule has 1 aromatic rings. The first kappa shape index (κ1) is 13.3. The summed E-state index contributed by atoms with van der Waals surface area (Å²) in [5.74, 6) is -1.34. The van der Waals surface area contributed by atoms with E-state index in [1.165, 1.54) is 6.20 Å².